The first kappa shape index (κ1) is 18.9. The number of hydrogen-bond donors (Lipinski definition) is 0. The second-order valence-electron chi connectivity index (χ2n) is 9.47. The summed E-state index contributed by atoms with van der Waals surface area (Å²) in [6.07, 6.45) is 2.19. The van der Waals surface area contributed by atoms with Crippen LogP contribution in [0.5, 0.6) is 0 Å². The summed E-state index contributed by atoms with van der Waals surface area (Å²) in [4.78, 5) is 16.1. The Morgan fingerprint density at radius 2 is 1.61 bits per heavy atom. The molecule has 1 saturated heterocycles. The van der Waals surface area contributed by atoms with Gasteiger partial charge in [-0.15, -0.1) is 0 Å². The lowest BCUT2D eigenvalue weighted by atomic mass is 9.74. The third kappa shape index (κ3) is 3.39. The van der Waals surface area contributed by atoms with Crippen molar-refractivity contribution < 1.29 is 4.92 Å². The highest BCUT2D eigenvalue weighted by atomic mass is 16.6. The Balaban J connectivity index is 1.66. The molecular formula is C23H29N3O2. The van der Waals surface area contributed by atoms with Crippen LogP contribution in [0.25, 0.3) is 0 Å². The van der Waals surface area contributed by atoms with Crippen molar-refractivity contribution in [2.24, 2.45) is 5.41 Å². The van der Waals surface area contributed by atoms with E-state index in [1.54, 1.807) is 12.1 Å². The van der Waals surface area contributed by atoms with Crippen LogP contribution in [0.1, 0.15) is 39.2 Å². The van der Waals surface area contributed by atoms with Gasteiger partial charge in [0.25, 0.3) is 5.69 Å². The van der Waals surface area contributed by atoms with Crippen LogP contribution < -0.4 is 4.90 Å². The number of nitro benzene ring substituents is 1. The van der Waals surface area contributed by atoms with Crippen molar-refractivity contribution in [2.75, 3.05) is 31.1 Å². The summed E-state index contributed by atoms with van der Waals surface area (Å²) in [6, 6.07) is 15.6. The van der Waals surface area contributed by atoms with Gasteiger partial charge in [-0.2, -0.15) is 0 Å². The van der Waals surface area contributed by atoms with Crippen LogP contribution in [0.2, 0.25) is 0 Å². The van der Waals surface area contributed by atoms with Crippen LogP contribution in [0.4, 0.5) is 17.1 Å². The summed E-state index contributed by atoms with van der Waals surface area (Å²) in [5.74, 6) is 0. The van der Waals surface area contributed by atoms with Crippen LogP contribution in [0.15, 0.2) is 48.5 Å². The zero-order valence-corrected chi connectivity index (χ0v) is 17.0. The molecule has 148 valence electrons. The molecule has 5 heteroatoms. The molecule has 2 aromatic rings. The summed E-state index contributed by atoms with van der Waals surface area (Å²) >= 11 is 0. The maximum Gasteiger partial charge on any atom is 0.292 e. The number of benzene rings is 2. The number of nitro groups is 1. The fourth-order valence-corrected chi connectivity index (χ4v) is 4.93. The fraction of sp³-hybridized carbons (Fsp3) is 0.478. The van der Waals surface area contributed by atoms with Gasteiger partial charge >= 0.3 is 0 Å². The molecule has 2 aliphatic rings. The SMILES string of the molecule is CC(C)(C)CN1CCC2(CC1)CN(c1ccccc1[N+](=O)[O-])c1ccccc12. The number of anilines is 2. The van der Waals surface area contributed by atoms with E-state index in [4.69, 9.17) is 0 Å². The van der Waals surface area contributed by atoms with Gasteiger partial charge in [-0.3, -0.25) is 10.1 Å². The summed E-state index contributed by atoms with van der Waals surface area (Å²) in [6.45, 7) is 11.0. The lowest BCUT2D eigenvalue weighted by Crippen LogP contribution is -2.46. The maximum atomic E-state index is 11.6. The number of fused-ring (bicyclic) bond motifs is 2. The van der Waals surface area contributed by atoms with E-state index in [1.165, 1.54) is 5.56 Å². The van der Waals surface area contributed by atoms with E-state index >= 15 is 0 Å². The molecule has 0 unspecified atom stereocenters. The van der Waals surface area contributed by atoms with Crippen molar-refractivity contribution in [3.63, 3.8) is 0 Å². The molecule has 2 heterocycles. The van der Waals surface area contributed by atoms with Gasteiger partial charge < -0.3 is 9.80 Å². The molecule has 1 spiro atoms. The first-order chi connectivity index (χ1) is 13.3. The fourth-order valence-electron chi connectivity index (χ4n) is 4.93. The number of likely N-dealkylation sites (tertiary alicyclic amines) is 1. The molecule has 0 bridgehead atoms. The predicted molar refractivity (Wildman–Crippen MR) is 113 cm³/mol. The maximum absolute atomic E-state index is 11.6. The molecule has 0 saturated carbocycles. The summed E-state index contributed by atoms with van der Waals surface area (Å²) < 4.78 is 0. The van der Waals surface area contributed by atoms with Crippen molar-refractivity contribution in [3.8, 4) is 0 Å². The Bertz CT molecular complexity index is 879. The van der Waals surface area contributed by atoms with Crippen LogP contribution in [-0.2, 0) is 5.41 Å². The van der Waals surface area contributed by atoms with E-state index in [1.807, 2.05) is 18.2 Å². The first-order valence-electron chi connectivity index (χ1n) is 10.1. The smallest absolute Gasteiger partial charge is 0.292 e. The van der Waals surface area contributed by atoms with Gasteiger partial charge in [0, 0.05) is 30.3 Å². The monoisotopic (exact) mass is 379 g/mol. The molecule has 1 fully saturated rings. The van der Waals surface area contributed by atoms with Crippen molar-refractivity contribution in [2.45, 2.75) is 39.0 Å². The zero-order valence-electron chi connectivity index (χ0n) is 17.0. The third-order valence-corrected chi connectivity index (χ3v) is 6.11. The topological polar surface area (TPSA) is 49.6 Å². The summed E-state index contributed by atoms with van der Waals surface area (Å²) in [5.41, 5.74) is 3.74. The highest BCUT2D eigenvalue weighted by Gasteiger charge is 2.46. The molecule has 0 aromatic heterocycles. The minimum atomic E-state index is -0.269. The molecule has 2 aliphatic heterocycles. The quantitative estimate of drug-likeness (QED) is 0.548. The largest absolute Gasteiger partial charge is 0.335 e. The Labute approximate surface area is 167 Å². The second kappa shape index (κ2) is 6.89. The number of hydrogen-bond acceptors (Lipinski definition) is 4. The van der Waals surface area contributed by atoms with Crippen LogP contribution in [0, 0.1) is 15.5 Å². The van der Waals surface area contributed by atoms with Crippen LogP contribution >= 0.6 is 0 Å². The van der Waals surface area contributed by atoms with Crippen molar-refractivity contribution in [3.05, 3.63) is 64.2 Å². The number of nitrogens with zero attached hydrogens (tertiary/aromatic N) is 3. The van der Waals surface area contributed by atoms with Crippen molar-refractivity contribution in [1.29, 1.82) is 0 Å². The van der Waals surface area contributed by atoms with Gasteiger partial charge in [0.05, 0.1) is 4.92 Å². The highest BCUT2D eigenvalue weighted by Crippen LogP contribution is 2.51. The van der Waals surface area contributed by atoms with Crippen LogP contribution in [-0.4, -0.2) is 36.0 Å². The lowest BCUT2D eigenvalue weighted by Gasteiger charge is -2.42. The Hall–Kier alpha value is -2.40. The van der Waals surface area contributed by atoms with E-state index < -0.39 is 0 Å². The van der Waals surface area contributed by atoms with Crippen LogP contribution in [0.3, 0.4) is 0 Å². The Kier molecular flexibility index (Phi) is 4.66. The van der Waals surface area contributed by atoms with E-state index in [0.717, 1.165) is 44.7 Å². The van der Waals surface area contributed by atoms with E-state index in [9.17, 15) is 10.1 Å². The molecule has 0 aliphatic carbocycles. The normalized spacial score (nSPS) is 19.0. The van der Waals surface area contributed by atoms with Crippen molar-refractivity contribution >= 4 is 17.1 Å². The Morgan fingerprint density at radius 3 is 2.25 bits per heavy atom. The standard InChI is InChI=1S/C23H29N3O2/c1-22(2,3)16-24-14-12-23(13-15-24)17-25(19-9-5-4-8-18(19)23)20-10-6-7-11-21(20)26(27)28/h4-11H,12-17H2,1-3H3. The average molecular weight is 380 g/mol. The number of piperidine rings is 1. The lowest BCUT2D eigenvalue weighted by molar-refractivity contribution is -0.384. The highest BCUT2D eigenvalue weighted by molar-refractivity contribution is 5.78. The van der Waals surface area contributed by atoms with Gasteiger partial charge in [-0.25, -0.2) is 0 Å². The average Bonchev–Trinajstić information content (AvgIpc) is 2.97. The minimum absolute atomic E-state index is 0.0781. The van der Waals surface area contributed by atoms with Crippen molar-refractivity contribution in [1.82, 2.24) is 4.90 Å². The molecule has 0 atom stereocenters. The molecule has 28 heavy (non-hydrogen) atoms. The number of rotatable bonds is 3. The molecule has 4 rings (SSSR count). The third-order valence-electron chi connectivity index (χ3n) is 6.11. The van der Waals surface area contributed by atoms with Gasteiger partial charge in [-0.05, 0) is 49.0 Å². The Morgan fingerprint density at radius 1 is 1.00 bits per heavy atom. The molecule has 2 aromatic carbocycles. The summed E-state index contributed by atoms with van der Waals surface area (Å²) in [7, 11) is 0. The molecule has 5 nitrogen and oxygen atoms in total. The number of para-hydroxylation sites is 3. The minimum Gasteiger partial charge on any atom is -0.335 e. The van der Waals surface area contributed by atoms with Gasteiger partial charge in [0.1, 0.15) is 5.69 Å². The van der Waals surface area contributed by atoms with Gasteiger partial charge in [0.15, 0.2) is 0 Å². The van der Waals surface area contributed by atoms with Gasteiger partial charge in [0.2, 0.25) is 0 Å². The second-order valence-corrected chi connectivity index (χ2v) is 9.47. The zero-order chi connectivity index (χ0) is 19.9. The van der Waals surface area contributed by atoms with Gasteiger partial charge in [-0.1, -0.05) is 51.1 Å². The molecule has 0 radical (unpaired) electrons. The van der Waals surface area contributed by atoms with E-state index in [-0.39, 0.29) is 16.0 Å². The first-order valence-corrected chi connectivity index (χ1v) is 10.1. The van der Waals surface area contributed by atoms with E-state index in [0.29, 0.717) is 11.1 Å². The molecular weight excluding hydrogens is 350 g/mol. The van der Waals surface area contributed by atoms with E-state index in [2.05, 4.69) is 48.8 Å². The molecule has 0 amide bonds. The predicted octanol–water partition coefficient (Wildman–Crippen LogP) is 5.13. The summed E-state index contributed by atoms with van der Waals surface area (Å²) in [5, 5.41) is 11.6. The molecule has 0 N–H and O–H groups in total.